The number of halogens is 1. The van der Waals surface area contributed by atoms with Crippen molar-refractivity contribution in [3.63, 3.8) is 0 Å². The van der Waals surface area contributed by atoms with Crippen molar-refractivity contribution in [3.8, 4) is 0 Å². The summed E-state index contributed by atoms with van der Waals surface area (Å²) < 4.78 is 47.0. The fraction of sp³-hybridized carbons (Fsp3) is 0.429. The van der Waals surface area contributed by atoms with E-state index in [0.717, 1.165) is 46.9 Å². The number of ether oxygens (including phenoxy) is 1. The highest BCUT2D eigenvalue weighted by atomic mass is 32.2. The van der Waals surface area contributed by atoms with Crippen molar-refractivity contribution in [2.75, 3.05) is 57.8 Å². The summed E-state index contributed by atoms with van der Waals surface area (Å²) in [5.41, 5.74) is 0.917. The van der Waals surface area contributed by atoms with E-state index in [-0.39, 0.29) is 31.1 Å². The molecule has 1 unspecified atom stereocenters. The number of hydrogen-bond acceptors (Lipinski definition) is 10. The van der Waals surface area contributed by atoms with E-state index >= 15 is 0 Å². The molecule has 45 heavy (non-hydrogen) atoms. The van der Waals surface area contributed by atoms with E-state index in [2.05, 4.69) is 14.4 Å². The number of aliphatic carboxylic acids is 1. The number of amides is 3. The molecule has 0 spiro atoms. The van der Waals surface area contributed by atoms with Crippen LogP contribution in [0.2, 0.25) is 0 Å². The van der Waals surface area contributed by atoms with Crippen LogP contribution in [0, 0.1) is 5.82 Å². The van der Waals surface area contributed by atoms with Crippen LogP contribution in [-0.2, 0) is 38.7 Å². The Morgan fingerprint density at radius 3 is 2.27 bits per heavy atom. The number of aromatic nitrogens is 1. The van der Waals surface area contributed by atoms with Crippen molar-refractivity contribution in [2.24, 2.45) is 0 Å². The summed E-state index contributed by atoms with van der Waals surface area (Å²) in [6, 6.07) is 4.27. The van der Waals surface area contributed by atoms with Crippen LogP contribution in [0.25, 0.3) is 0 Å². The number of carbonyl (C=O) groups excluding carboxylic acids is 4. The monoisotopic (exact) mass is 648 g/mol. The van der Waals surface area contributed by atoms with Gasteiger partial charge in [-0.25, -0.2) is 12.8 Å². The first-order valence-electron chi connectivity index (χ1n) is 14.0. The molecular formula is C28H33FN6O9S. The molecule has 2 saturated heterocycles. The average Bonchev–Trinajstić information content (AvgIpc) is 3.02. The summed E-state index contributed by atoms with van der Waals surface area (Å²) in [4.78, 5) is 73.2. The number of carboxylic acids is 1. The van der Waals surface area contributed by atoms with E-state index in [4.69, 9.17) is 0 Å². The molecule has 0 aliphatic carbocycles. The Morgan fingerprint density at radius 1 is 1.02 bits per heavy atom. The van der Waals surface area contributed by atoms with Crippen molar-refractivity contribution < 1.29 is 46.6 Å². The maximum Gasteiger partial charge on any atom is 0.323 e. The SMILES string of the molecule is COC(=O)C[C@H]1C(=O)N(CC(=O)O)CCN1C(=O)C(CC(=O)N1CCN(c2ccncc2)CC1)NS(=O)(=O)c1ccc(F)cc1. The third-order valence-electron chi connectivity index (χ3n) is 7.54. The number of sulfonamides is 1. The number of pyridine rings is 1. The van der Waals surface area contributed by atoms with Gasteiger partial charge in [0, 0.05) is 57.3 Å². The molecule has 17 heteroatoms. The molecule has 4 rings (SSSR count). The predicted molar refractivity (Wildman–Crippen MR) is 155 cm³/mol. The van der Waals surface area contributed by atoms with Gasteiger partial charge < -0.3 is 29.4 Å². The summed E-state index contributed by atoms with van der Waals surface area (Å²) in [7, 11) is -3.41. The smallest absolute Gasteiger partial charge is 0.323 e. The summed E-state index contributed by atoms with van der Waals surface area (Å²) in [5, 5.41) is 9.20. The lowest BCUT2D eigenvalue weighted by Crippen LogP contribution is -2.63. The molecule has 0 radical (unpaired) electrons. The van der Waals surface area contributed by atoms with Crippen molar-refractivity contribution in [2.45, 2.75) is 29.8 Å². The molecule has 2 fully saturated rings. The van der Waals surface area contributed by atoms with Gasteiger partial charge in [0.05, 0.1) is 24.8 Å². The minimum absolute atomic E-state index is 0.211. The first-order chi connectivity index (χ1) is 21.4. The van der Waals surface area contributed by atoms with Gasteiger partial charge in [-0.05, 0) is 36.4 Å². The van der Waals surface area contributed by atoms with Gasteiger partial charge in [0.2, 0.25) is 27.7 Å². The van der Waals surface area contributed by atoms with E-state index in [1.54, 1.807) is 12.4 Å². The minimum atomic E-state index is -4.48. The number of methoxy groups -OCH3 is 1. The van der Waals surface area contributed by atoms with E-state index in [9.17, 15) is 41.9 Å². The number of nitrogens with one attached hydrogen (secondary N) is 1. The second kappa shape index (κ2) is 14.4. The molecule has 2 aliphatic heterocycles. The number of piperazine rings is 2. The molecule has 15 nitrogen and oxygen atoms in total. The summed E-state index contributed by atoms with van der Waals surface area (Å²) in [6.07, 6.45) is 2.05. The number of esters is 1. The lowest BCUT2D eigenvalue weighted by molar-refractivity contribution is -0.159. The maximum absolute atomic E-state index is 14.0. The lowest BCUT2D eigenvalue weighted by atomic mass is 10.0. The largest absolute Gasteiger partial charge is 0.480 e. The van der Waals surface area contributed by atoms with Crippen LogP contribution in [-0.4, -0.2) is 128 Å². The Morgan fingerprint density at radius 2 is 1.67 bits per heavy atom. The Balaban J connectivity index is 1.58. The van der Waals surface area contributed by atoms with Crippen LogP contribution >= 0.6 is 0 Å². The summed E-state index contributed by atoms with van der Waals surface area (Å²) >= 11 is 0. The lowest BCUT2D eigenvalue weighted by Gasteiger charge is -2.41. The van der Waals surface area contributed by atoms with Gasteiger partial charge in [0.15, 0.2) is 0 Å². The van der Waals surface area contributed by atoms with Crippen LogP contribution in [0.4, 0.5) is 10.1 Å². The number of benzene rings is 1. The number of anilines is 1. The molecule has 1 aromatic heterocycles. The van der Waals surface area contributed by atoms with Crippen molar-refractivity contribution in [1.82, 2.24) is 24.4 Å². The Bertz CT molecular complexity index is 1520. The fourth-order valence-electron chi connectivity index (χ4n) is 5.18. The normalized spacial score (nSPS) is 18.0. The van der Waals surface area contributed by atoms with Gasteiger partial charge in [0.25, 0.3) is 0 Å². The second-order valence-electron chi connectivity index (χ2n) is 10.4. The standard InChI is InChI=1S/C28H33FN6O9S/c1-44-26(39)17-23-28(41)34(18-25(37)38)14-15-35(23)27(40)22(31-45(42,43)21-4-2-19(29)3-5-21)16-24(36)33-12-10-32(11-13-33)20-6-8-30-9-7-20/h2-9,22-23,31H,10-18H2,1H3,(H,37,38)/t22?,23-/m0/s1. The number of carboxylic acid groups (broad SMARTS) is 1. The Hall–Kier alpha value is -4.64. The molecule has 2 aromatic rings. The average molecular weight is 649 g/mol. The predicted octanol–water partition coefficient (Wildman–Crippen LogP) is -0.706. The Kier molecular flexibility index (Phi) is 10.7. The molecule has 2 N–H and O–H groups in total. The molecule has 3 heterocycles. The number of hydrogen-bond donors (Lipinski definition) is 2. The highest BCUT2D eigenvalue weighted by Crippen LogP contribution is 2.21. The van der Waals surface area contributed by atoms with E-state index < -0.39 is 77.0 Å². The first-order valence-corrected chi connectivity index (χ1v) is 15.5. The molecule has 1 aromatic carbocycles. The topological polar surface area (TPSA) is 187 Å². The zero-order valence-corrected chi connectivity index (χ0v) is 25.2. The highest BCUT2D eigenvalue weighted by Gasteiger charge is 2.43. The fourth-order valence-corrected chi connectivity index (χ4v) is 6.37. The first kappa shape index (κ1) is 33.3. The van der Waals surface area contributed by atoms with Crippen LogP contribution in [0.3, 0.4) is 0 Å². The number of carbonyl (C=O) groups is 5. The van der Waals surface area contributed by atoms with Gasteiger partial charge in [0.1, 0.15) is 24.4 Å². The van der Waals surface area contributed by atoms with E-state index in [1.807, 2.05) is 17.0 Å². The summed E-state index contributed by atoms with van der Waals surface area (Å²) in [5.74, 6) is -5.21. The molecule has 0 bridgehead atoms. The number of rotatable bonds is 11. The van der Waals surface area contributed by atoms with E-state index in [1.165, 1.54) is 4.90 Å². The molecular weight excluding hydrogens is 615 g/mol. The van der Waals surface area contributed by atoms with Crippen LogP contribution in [0.1, 0.15) is 12.8 Å². The van der Waals surface area contributed by atoms with Crippen molar-refractivity contribution in [1.29, 1.82) is 0 Å². The molecule has 2 aliphatic rings. The third kappa shape index (κ3) is 8.30. The molecule has 0 saturated carbocycles. The quantitative estimate of drug-likeness (QED) is 0.293. The van der Waals surface area contributed by atoms with Crippen LogP contribution < -0.4 is 9.62 Å². The zero-order valence-electron chi connectivity index (χ0n) is 24.4. The third-order valence-corrected chi connectivity index (χ3v) is 9.03. The van der Waals surface area contributed by atoms with Crippen LogP contribution in [0.5, 0.6) is 0 Å². The maximum atomic E-state index is 14.0. The molecule has 242 valence electrons. The highest BCUT2D eigenvalue weighted by molar-refractivity contribution is 7.89. The van der Waals surface area contributed by atoms with Crippen molar-refractivity contribution >= 4 is 45.4 Å². The minimum Gasteiger partial charge on any atom is -0.480 e. The zero-order chi connectivity index (χ0) is 32.7. The van der Waals surface area contributed by atoms with Gasteiger partial charge in [-0.15, -0.1) is 0 Å². The van der Waals surface area contributed by atoms with Crippen molar-refractivity contribution in [3.05, 3.63) is 54.6 Å². The number of nitrogens with zero attached hydrogens (tertiary/aromatic N) is 5. The second-order valence-corrected chi connectivity index (χ2v) is 12.1. The Labute approximate surface area is 258 Å². The van der Waals surface area contributed by atoms with Gasteiger partial charge in [-0.3, -0.25) is 29.0 Å². The summed E-state index contributed by atoms with van der Waals surface area (Å²) in [6.45, 7) is 0.370. The van der Waals surface area contributed by atoms with Crippen LogP contribution in [0.15, 0.2) is 53.7 Å². The molecule has 2 atom stereocenters. The molecule has 3 amide bonds. The van der Waals surface area contributed by atoms with Gasteiger partial charge >= 0.3 is 11.9 Å². The van der Waals surface area contributed by atoms with E-state index in [0.29, 0.717) is 13.1 Å². The van der Waals surface area contributed by atoms with Gasteiger partial charge in [-0.1, -0.05) is 0 Å². The van der Waals surface area contributed by atoms with Gasteiger partial charge in [-0.2, -0.15) is 4.72 Å².